The van der Waals surface area contributed by atoms with E-state index < -0.39 is 15.0 Å². The van der Waals surface area contributed by atoms with E-state index in [1.807, 2.05) is 0 Å². The van der Waals surface area contributed by atoms with Crippen LogP contribution in [-0.2, 0) is 14.3 Å². The second-order valence-electron chi connectivity index (χ2n) is 3.73. The molecule has 0 aliphatic carbocycles. The Morgan fingerprint density at radius 1 is 1.44 bits per heavy atom. The summed E-state index contributed by atoms with van der Waals surface area (Å²) in [5.41, 5.74) is 1.07. The van der Waals surface area contributed by atoms with Gasteiger partial charge in [-0.25, -0.2) is 0 Å². The van der Waals surface area contributed by atoms with Gasteiger partial charge in [0, 0.05) is 12.6 Å². The van der Waals surface area contributed by atoms with Crippen molar-refractivity contribution in [1.82, 2.24) is 0 Å². The van der Waals surface area contributed by atoms with E-state index in [0.717, 1.165) is 11.8 Å². The minimum atomic E-state index is -3.49. The van der Waals surface area contributed by atoms with Gasteiger partial charge in [0.25, 0.3) is 15.8 Å². The van der Waals surface area contributed by atoms with Crippen LogP contribution in [0.15, 0.2) is 18.2 Å². The minimum Gasteiger partial charge on any atom is -0.377 e. The highest BCUT2D eigenvalue weighted by Gasteiger charge is 2.13. The number of aryl methyl sites for hydroxylation is 1. The highest BCUT2D eigenvalue weighted by Crippen LogP contribution is 2.24. The number of nitro groups is 1. The van der Waals surface area contributed by atoms with Crippen molar-refractivity contribution in [3.63, 3.8) is 0 Å². The van der Waals surface area contributed by atoms with Crippen molar-refractivity contribution in [2.45, 2.75) is 6.92 Å². The van der Waals surface area contributed by atoms with Crippen molar-refractivity contribution < 1.29 is 17.5 Å². The Labute approximate surface area is 105 Å². The lowest BCUT2D eigenvalue weighted by Crippen LogP contribution is -2.13. The molecule has 0 radical (unpaired) electrons. The molecule has 1 rings (SSSR count). The van der Waals surface area contributed by atoms with Crippen LogP contribution in [0.25, 0.3) is 0 Å². The molecule has 0 amide bonds. The zero-order valence-corrected chi connectivity index (χ0v) is 10.9. The molecule has 0 aromatic heterocycles. The largest absolute Gasteiger partial charge is 0.377 e. The average molecular weight is 274 g/mol. The summed E-state index contributed by atoms with van der Waals surface area (Å²) in [6.45, 7) is 1.84. The second-order valence-corrected chi connectivity index (χ2v) is 5.37. The molecule has 1 aromatic rings. The number of hydrogen-bond donors (Lipinski definition) is 1. The smallest absolute Gasteiger partial charge is 0.292 e. The van der Waals surface area contributed by atoms with Crippen molar-refractivity contribution in [2.75, 3.05) is 24.7 Å². The van der Waals surface area contributed by atoms with Gasteiger partial charge in [-0.2, -0.15) is 8.42 Å². The van der Waals surface area contributed by atoms with Crippen molar-refractivity contribution in [3.05, 3.63) is 33.9 Å². The molecule has 0 aliphatic rings. The van der Waals surface area contributed by atoms with Gasteiger partial charge in [0.15, 0.2) is 0 Å². The van der Waals surface area contributed by atoms with Crippen molar-refractivity contribution in [3.8, 4) is 0 Å². The summed E-state index contributed by atoms with van der Waals surface area (Å²) < 4.78 is 25.9. The Kier molecular flexibility index (Phi) is 4.62. The van der Waals surface area contributed by atoms with Crippen LogP contribution >= 0.6 is 0 Å². The van der Waals surface area contributed by atoms with E-state index in [0.29, 0.717) is 5.69 Å². The summed E-state index contributed by atoms with van der Waals surface area (Å²) in [6, 6.07) is 4.75. The molecule has 0 unspecified atom stereocenters. The van der Waals surface area contributed by atoms with Gasteiger partial charge in [0.2, 0.25) is 0 Å². The maximum atomic E-state index is 10.8. The Hall–Kier alpha value is -1.67. The topological polar surface area (TPSA) is 98.5 Å². The molecule has 0 saturated carbocycles. The highest BCUT2D eigenvalue weighted by molar-refractivity contribution is 7.85. The summed E-state index contributed by atoms with van der Waals surface area (Å²) in [6.07, 6.45) is 0.946. The summed E-state index contributed by atoms with van der Waals surface area (Å²) in [7, 11) is -3.49. The number of nitro benzene ring substituents is 1. The van der Waals surface area contributed by atoms with E-state index in [-0.39, 0.29) is 18.8 Å². The molecule has 0 saturated heterocycles. The predicted molar refractivity (Wildman–Crippen MR) is 67.1 cm³/mol. The van der Waals surface area contributed by atoms with Crippen LogP contribution in [0.4, 0.5) is 11.4 Å². The minimum absolute atomic E-state index is 0.0469. The summed E-state index contributed by atoms with van der Waals surface area (Å²) in [5, 5.41) is 13.6. The summed E-state index contributed by atoms with van der Waals surface area (Å²) in [5.74, 6) is 0. The van der Waals surface area contributed by atoms with Crippen LogP contribution in [0.1, 0.15) is 5.56 Å². The maximum absolute atomic E-state index is 10.8. The number of anilines is 1. The maximum Gasteiger partial charge on any atom is 0.292 e. The zero-order valence-electron chi connectivity index (χ0n) is 10.0. The lowest BCUT2D eigenvalue weighted by molar-refractivity contribution is -0.384. The molecule has 100 valence electrons. The molecule has 0 spiro atoms. The normalized spacial score (nSPS) is 11.2. The number of hydrogen-bond acceptors (Lipinski definition) is 6. The number of nitrogens with one attached hydrogen (secondary N) is 1. The van der Waals surface area contributed by atoms with E-state index in [1.165, 1.54) is 6.07 Å². The second kappa shape index (κ2) is 5.78. The Balaban J connectivity index is 2.65. The fourth-order valence-electron chi connectivity index (χ4n) is 1.32. The number of rotatable bonds is 6. The van der Waals surface area contributed by atoms with Crippen molar-refractivity contribution in [2.24, 2.45) is 0 Å². The lowest BCUT2D eigenvalue weighted by atomic mass is 10.2. The molecule has 1 aromatic carbocycles. The third kappa shape index (κ3) is 4.68. The first-order valence-electron chi connectivity index (χ1n) is 5.13. The molecule has 7 nitrogen and oxygen atoms in total. The van der Waals surface area contributed by atoms with Crippen molar-refractivity contribution in [1.29, 1.82) is 0 Å². The zero-order chi connectivity index (χ0) is 13.8. The van der Waals surface area contributed by atoms with Crippen LogP contribution in [0.3, 0.4) is 0 Å². The van der Waals surface area contributed by atoms with Gasteiger partial charge in [-0.1, -0.05) is 6.07 Å². The van der Waals surface area contributed by atoms with E-state index >= 15 is 0 Å². The fourth-order valence-corrected chi connectivity index (χ4v) is 1.71. The third-order valence-electron chi connectivity index (χ3n) is 2.06. The molecule has 0 bridgehead atoms. The standard InChI is InChI=1S/C10H14N2O5S/c1-8-3-4-9(10(7-8)12(13)14)11-5-6-17-18(2,15)16/h3-4,7,11H,5-6H2,1-2H3. The molecular weight excluding hydrogens is 260 g/mol. The van der Waals surface area contributed by atoms with Gasteiger partial charge in [-0.15, -0.1) is 0 Å². The summed E-state index contributed by atoms with van der Waals surface area (Å²) in [4.78, 5) is 10.3. The van der Waals surface area contributed by atoms with Gasteiger partial charge < -0.3 is 5.32 Å². The Morgan fingerprint density at radius 3 is 2.67 bits per heavy atom. The van der Waals surface area contributed by atoms with Gasteiger partial charge in [-0.3, -0.25) is 14.3 Å². The first-order valence-corrected chi connectivity index (χ1v) is 6.94. The number of nitrogens with zero attached hydrogens (tertiary/aromatic N) is 1. The van der Waals surface area contributed by atoms with Gasteiger partial charge in [0.05, 0.1) is 17.8 Å². The van der Waals surface area contributed by atoms with E-state index in [1.54, 1.807) is 19.1 Å². The molecule has 0 heterocycles. The summed E-state index contributed by atoms with van der Waals surface area (Å²) >= 11 is 0. The Morgan fingerprint density at radius 2 is 2.11 bits per heavy atom. The Bertz CT molecular complexity index is 541. The van der Waals surface area contributed by atoms with Gasteiger partial charge >= 0.3 is 0 Å². The average Bonchev–Trinajstić information content (AvgIpc) is 2.24. The monoisotopic (exact) mass is 274 g/mol. The van der Waals surface area contributed by atoms with E-state index in [2.05, 4.69) is 9.50 Å². The van der Waals surface area contributed by atoms with Crippen LogP contribution in [0.5, 0.6) is 0 Å². The molecular formula is C10H14N2O5S. The van der Waals surface area contributed by atoms with Crippen LogP contribution < -0.4 is 5.32 Å². The molecule has 8 heteroatoms. The predicted octanol–water partition coefficient (Wildman–Crippen LogP) is 1.29. The van der Waals surface area contributed by atoms with Gasteiger partial charge in [0.1, 0.15) is 5.69 Å². The van der Waals surface area contributed by atoms with Crippen molar-refractivity contribution >= 4 is 21.5 Å². The fraction of sp³-hybridized carbons (Fsp3) is 0.400. The molecule has 1 N–H and O–H groups in total. The molecule has 18 heavy (non-hydrogen) atoms. The quantitative estimate of drug-likeness (QED) is 0.363. The van der Waals surface area contributed by atoms with Crippen LogP contribution in [0, 0.1) is 17.0 Å². The van der Waals surface area contributed by atoms with E-state index in [9.17, 15) is 18.5 Å². The van der Waals surface area contributed by atoms with Gasteiger partial charge in [-0.05, 0) is 18.6 Å². The first kappa shape index (κ1) is 14.4. The lowest BCUT2D eigenvalue weighted by Gasteiger charge is -2.07. The first-order chi connectivity index (χ1) is 8.29. The van der Waals surface area contributed by atoms with Crippen LogP contribution in [-0.4, -0.2) is 32.7 Å². The van der Waals surface area contributed by atoms with E-state index in [4.69, 9.17) is 0 Å². The third-order valence-corrected chi connectivity index (χ3v) is 2.66. The molecule has 0 aliphatic heterocycles. The van der Waals surface area contributed by atoms with Crippen LogP contribution in [0.2, 0.25) is 0 Å². The SMILES string of the molecule is Cc1ccc(NCCOS(C)(=O)=O)c([N+](=O)[O-])c1. The highest BCUT2D eigenvalue weighted by atomic mass is 32.2. The molecule has 0 fully saturated rings. The number of benzene rings is 1. The molecule has 0 atom stereocenters.